The van der Waals surface area contributed by atoms with Crippen molar-refractivity contribution in [2.75, 3.05) is 4.90 Å². The lowest BCUT2D eigenvalue weighted by molar-refractivity contribution is 1.18. The van der Waals surface area contributed by atoms with Gasteiger partial charge in [-0.1, -0.05) is 78.3 Å². The molecule has 6 aromatic carbocycles. The number of nitrogens with zero attached hydrogens (tertiary/aromatic N) is 2. The highest BCUT2D eigenvalue weighted by atomic mass is 35.5. The van der Waals surface area contributed by atoms with E-state index in [9.17, 15) is 0 Å². The highest BCUT2D eigenvalue weighted by Gasteiger charge is 2.17. The maximum Gasteiger partial charge on any atom is 0.0561 e. The Hall–Kier alpha value is -4.53. The van der Waals surface area contributed by atoms with Crippen LogP contribution in [0.3, 0.4) is 0 Å². The van der Waals surface area contributed by atoms with Crippen molar-refractivity contribution in [1.82, 2.24) is 4.57 Å². The predicted octanol–water partition coefficient (Wildman–Crippen LogP) is 10.1. The molecule has 3 heteroatoms. The molecule has 0 bridgehead atoms. The van der Waals surface area contributed by atoms with E-state index in [4.69, 9.17) is 11.6 Å². The second-order valence-corrected chi connectivity index (χ2v) is 9.67. The number of aromatic nitrogens is 1. The first-order chi connectivity index (χ1) is 18.3. The van der Waals surface area contributed by atoms with E-state index in [1.807, 2.05) is 18.2 Å². The van der Waals surface area contributed by atoms with Gasteiger partial charge in [0.1, 0.15) is 0 Å². The van der Waals surface area contributed by atoms with Crippen molar-refractivity contribution in [3.8, 4) is 5.69 Å². The normalized spacial score (nSPS) is 11.4. The van der Waals surface area contributed by atoms with Crippen molar-refractivity contribution in [2.24, 2.45) is 0 Å². The first kappa shape index (κ1) is 21.7. The van der Waals surface area contributed by atoms with Crippen LogP contribution >= 0.6 is 11.6 Å². The molecule has 0 radical (unpaired) electrons. The molecule has 0 fully saturated rings. The number of rotatable bonds is 4. The Morgan fingerprint density at radius 1 is 0.459 bits per heavy atom. The molecule has 0 aliphatic carbocycles. The molecular formula is C34H23ClN2. The third kappa shape index (κ3) is 3.74. The zero-order chi connectivity index (χ0) is 24.8. The van der Waals surface area contributed by atoms with Crippen LogP contribution in [0.2, 0.25) is 5.02 Å². The zero-order valence-electron chi connectivity index (χ0n) is 20.1. The Balaban J connectivity index is 1.54. The van der Waals surface area contributed by atoms with Gasteiger partial charge in [-0.25, -0.2) is 0 Å². The van der Waals surface area contributed by atoms with Crippen LogP contribution in [0, 0.1) is 0 Å². The Labute approximate surface area is 220 Å². The molecule has 7 aromatic rings. The molecule has 176 valence electrons. The first-order valence-electron chi connectivity index (χ1n) is 12.4. The largest absolute Gasteiger partial charge is 0.310 e. The van der Waals surface area contributed by atoms with Crippen LogP contribution in [0.1, 0.15) is 0 Å². The van der Waals surface area contributed by atoms with E-state index in [1.165, 1.54) is 32.6 Å². The maximum atomic E-state index is 6.24. The number of anilines is 3. The van der Waals surface area contributed by atoms with E-state index >= 15 is 0 Å². The summed E-state index contributed by atoms with van der Waals surface area (Å²) in [5, 5.41) is 5.70. The second kappa shape index (κ2) is 8.85. The van der Waals surface area contributed by atoms with Crippen LogP contribution in [-0.2, 0) is 0 Å². The zero-order valence-corrected chi connectivity index (χ0v) is 20.8. The number of fused-ring (bicyclic) bond motifs is 4. The average molecular weight is 495 g/mol. The summed E-state index contributed by atoms with van der Waals surface area (Å²) in [6.07, 6.45) is 0. The van der Waals surface area contributed by atoms with Crippen molar-refractivity contribution in [2.45, 2.75) is 0 Å². The summed E-state index contributed by atoms with van der Waals surface area (Å²) in [5.41, 5.74) is 6.76. The van der Waals surface area contributed by atoms with Crippen molar-refractivity contribution in [3.63, 3.8) is 0 Å². The third-order valence-corrected chi connectivity index (χ3v) is 7.24. The van der Waals surface area contributed by atoms with Crippen molar-refractivity contribution in [3.05, 3.63) is 145 Å². The quantitative estimate of drug-likeness (QED) is 0.236. The van der Waals surface area contributed by atoms with Crippen LogP contribution in [0.25, 0.3) is 38.3 Å². The molecule has 0 aliphatic rings. The van der Waals surface area contributed by atoms with Gasteiger partial charge in [-0.2, -0.15) is 0 Å². The highest BCUT2D eigenvalue weighted by Crippen LogP contribution is 2.40. The number of benzene rings is 6. The van der Waals surface area contributed by atoms with Crippen LogP contribution < -0.4 is 4.90 Å². The van der Waals surface area contributed by atoms with Crippen molar-refractivity contribution < 1.29 is 0 Å². The second-order valence-electron chi connectivity index (χ2n) is 9.24. The van der Waals surface area contributed by atoms with Gasteiger partial charge in [0, 0.05) is 38.5 Å². The molecule has 0 saturated heterocycles. The summed E-state index contributed by atoms with van der Waals surface area (Å²) in [6, 6.07) is 49.1. The molecule has 1 heterocycles. The molecule has 2 nitrogen and oxygen atoms in total. The summed E-state index contributed by atoms with van der Waals surface area (Å²) < 4.78 is 2.38. The summed E-state index contributed by atoms with van der Waals surface area (Å²) in [5.74, 6) is 0. The van der Waals surface area contributed by atoms with Crippen LogP contribution in [0.4, 0.5) is 17.1 Å². The van der Waals surface area contributed by atoms with E-state index in [2.05, 4.69) is 131 Å². The number of hydrogen-bond acceptors (Lipinski definition) is 1. The molecule has 0 spiro atoms. The van der Waals surface area contributed by atoms with Gasteiger partial charge >= 0.3 is 0 Å². The first-order valence-corrected chi connectivity index (χ1v) is 12.8. The Morgan fingerprint density at radius 2 is 1.03 bits per heavy atom. The van der Waals surface area contributed by atoms with Gasteiger partial charge in [-0.3, -0.25) is 0 Å². The average Bonchev–Trinajstić information content (AvgIpc) is 3.26. The Bertz CT molecular complexity index is 1870. The molecule has 37 heavy (non-hydrogen) atoms. The standard InChI is InChI=1S/C34H23ClN2/c35-26-15-17-29(18-16-26)36(27-11-3-1-4-12-27)30-19-20-31-32-21-24-9-7-8-10-25(24)22-33(32)37(34(31)23-30)28-13-5-2-6-14-28/h1-23H. The van der Waals surface area contributed by atoms with Gasteiger partial charge < -0.3 is 9.47 Å². The Morgan fingerprint density at radius 3 is 1.76 bits per heavy atom. The predicted molar refractivity (Wildman–Crippen MR) is 158 cm³/mol. The lowest BCUT2D eigenvalue weighted by Crippen LogP contribution is -2.09. The molecule has 1 aromatic heterocycles. The fourth-order valence-electron chi connectivity index (χ4n) is 5.30. The fourth-order valence-corrected chi connectivity index (χ4v) is 5.43. The fraction of sp³-hybridized carbons (Fsp3) is 0. The van der Waals surface area contributed by atoms with Gasteiger partial charge in [0.2, 0.25) is 0 Å². The molecule has 0 N–H and O–H groups in total. The van der Waals surface area contributed by atoms with E-state index < -0.39 is 0 Å². The van der Waals surface area contributed by atoms with E-state index in [-0.39, 0.29) is 0 Å². The summed E-state index contributed by atoms with van der Waals surface area (Å²) in [4.78, 5) is 2.28. The summed E-state index contributed by atoms with van der Waals surface area (Å²) >= 11 is 6.24. The van der Waals surface area contributed by atoms with Gasteiger partial charge in [0.15, 0.2) is 0 Å². The topological polar surface area (TPSA) is 8.17 Å². The maximum absolute atomic E-state index is 6.24. The van der Waals surface area contributed by atoms with Crippen molar-refractivity contribution >= 4 is 61.2 Å². The van der Waals surface area contributed by atoms with E-state index in [0.717, 1.165) is 27.8 Å². The smallest absolute Gasteiger partial charge is 0.0561 e. The number of hydrogen-bond donors (Lipinski definition) is 0. The monoisotopic (exact) mass is 494 g/mol. The lowest BCUT2D eigenvalue weighted by Gasteiger charge is -2.25. The lowest BCUT2D eigenvalue weighted by atomic mass is 10.1. The molecule has 0 aliphatic heterocycles. The van der Waals surface area contributed by atoms with Gasteiger partial charge in [-0.15, -0.1) is 0 Å². The molecular weight excluding hydrogens is 472 g/mol. The van der Waals surface area contributed by atoms with Crippen LogP contribution in [0.5, 0.6) is 0 Å². The SMILES string of the molecule is Clc1ccc(N(c2ccccc2)c2ccc3c4cc5ccccc5cc4n(-c4ccccc4)c3c2)cc1. The van der Waals surface area contributed by atoms with Gasteiger partial charge in [0.05, 0.1) is 11.0 Å². The molecule has 0 amide bonds. The Kier molecular flexibility index (Phi) is 5.20. The minimum absolute atomic E-state index is 0.725. The minimum atomic E-state index is 0.725. The highest BCUT2D eigenvalue weighted by molar-refractivity contribution is 6.30. The molecule has 0 atom stereocenters. The minimum Gasteiger partial charge on any atom is -0.310 e. The van der Waals surface area contributed by atoms with Crippen LogP contribution in [0.15, 0.2) is 140 Å². The molecule has 0 saturated carbocycles. The number of halogens is 1. The molecule has 7 rings (SSSR count). The van der Waals surface area contributed by atoms with Crippen molar-refractivity contribution in [1.29, 1.82) is 0 Å². The van der Waals surface area contributed by atoms with E-state index in [0.29, 0.717) is 0 Å². The van der Waals surface area contributed by atoms with Gasteiger partial charge in [0.25, 0.3) is 0 Å². The summed E-state index contributed by atoms with van der Waals surface area (Å²) in [6.45, 7) is 0. The third-order valence-electron chi connectivity index (χ3n) is 6.99. The van der Waals surface area contributed by atoms with E-state index in [1.54, 1.807) is 0 Å². The molecule has 0 unspecified atom stereocenters. The van der Waals surface area contributed by atoms with Crippen LogP contribution in [-0.4, -0.2) is 4.57 Å². The number of para-hydroxylation sites is 2. The summed E-state index contributed by atoms with van der Waals surface area (Å²) in [7, 11) is 0. The van der Waals surface area contributed by atoms with Gasteiger partial charge in [-0.05, 0) is 83.6 Å².